The third-order valence-electron chi connectivity index (χ3n) is 3.74. The Balaban J connectivity index is 2.15. The van der Waals surface area contributed by atoms with Gasteiger partial charge in [0.05, 0.1) is 12.6 Å². The number of hydrogen-bond acceptors (Lipinski definition) is 4. The van der Waals surface area contributed by atoms with Crippen LogP contribution in [-0.2, 0) is 14.3 Å². The Labute approximate surface area is 95.5 Å². The molecule has 0 aromatic heterocycles. The third kappa shape index (κ3) is 1.75. The molecule has 0 aliphatic heterocycles. The largest absolute Gasteiger partial charge is 0.462 e. The van der Waals surface area contributed by atoms with Gasteiger partial charge in [0.15, 0.2) is 5.78 Å². The molecule has 0 aromatic rings. The number of rotatable bonds is 4. The van der Waals surface area contributed by atoms with Crippen molar-refractivity contribution in [3.63, 3.8) is 0 Å². The van der Waals surface area contributed by atoms with Gasteiger partial charge in [0.2, 0.25) is 0 Å². The van der Waals surface area contributed by atoms with Crippen molar-refractivity contribution in [2.24, 2.45) is 23.0 Å². The summed E-state index contributed by atoms with van der Waals surface area (Å²) in [6.45, 7) is 3.54. The Hall–Kier alpha value is -0.900. The van der Waals surface area contributed by atoms with Gasteiger partial charge in [-0.25, -0.2) is 0 Å². The number of ether oxygens (including phenoxy) is 1. The lowest BCUT2D eigenvalue weighted by molar-refractivity contribution is -0.164. The van der Waals surface area contributed by atoms with E-state index >= 15 is 0 Å². The van der Waals surface area contributed by atoms with Crippen LogP contribution in [0.1, 0.15) is 33.1 Å². The van der Waals surface area contributed by atoms with Gasteiger partial charge in [-0.2, -0.15) is 0 Å². The van der Waals surface area contributed by atoms with Crippen molar-refractivity contribution < 1.29 is 14.3 Å². The predicted octanol–water partition coefficient (Wildman–Crippen LogP) is 0.882. The zero-order valence-corrected chi connectivity index (χ0v) is 9.86. The minimum atomic E-state index is -0.910. The lowest BCUT2D eigenvalue weighted by Crippen LogP contribution is -2.43. The SMILES string of the molecule is CC(C)OC(=O)C1(C(=O)CN)CC2CC2C1. The number of ketones is 1. The van der Waals surface area contributed by atoms with Gasteiger partial charge in [0, 0.05) is 0 Å². The molecule has 0 amide bonds. The molecule has 2 atom stereocenters. The smallest absolute Gasteiger partial charge is 0.319 e. The molecule has 2 N–H and O–H groups in total. The zero-order chi connectivity index (χ0) is 11.9. The van der Waals surface area contributed by atoms with Crippen molar-refractivity contribution >= 4 is 11.8 Å². The maximum absolute atomic E-state index is 12.0. The number of carbonyl (C=O) groups is 2. The molecular weight excluding hydrogens is 206 g/mol. The van der Waals surface area contributed by atoms with E-state index in [0.29, 0.717) is 24.7 Å². The summed E-state index contributed by atoms with van der Waals surface area (Å²) < 4.78 is 5.21. The molecule has 0 radical (unpaired) electrons. The highest BCUT2D eigenvalue weighted by Crippen LogP contribution is 2.60. The summed E-state index contributed by atoms with van der Waals surface area (Å²) in [5.74, 6) is 0.598. The van der Waals surface area contributed by atoms with E-state index in [1.165, 1.54) is 0 Å². The first-order chi connectivity index (χ1) is 7.49. The number of hydrogen-bond donors (Lipinski definition) is 1. The highest BCUT2D eigenvalue weighted by molar-refractivity contribution is 6.05. The lowest BCUT2D eigenvalue weighted by Gasteiger charge is -2.27. The normalized spacial score (nSPS) is 36.0. The van der Waals surface area contributed by atoms with Crippen LogP contribution in [0, 0.1) is 17.3 Å². The molecule has 16 heavy (non-hydrogen) atoms. The summed E-state index contributed by atoms with van der Waals surface area (Å²) in [6, 6.07) is 0. The average molecular weight is 225 g/mol. The molecule has 2 saturated carbocycles. The minimum absolute atomic E-state index is 0.0629. The molecule has 4 heteroatoms. The average Bonchev–Trinajstić information content (AvgIpc) is 2.84. The fourth-order valence-electron chi connectivity index (χ4n) is 2.82. The molecule has 0 saturated heterocycles. The molecule has 0 bridgehead atoms. The van der Waals surface area contributed by atoms with Gasteiger partial charge in [0.1, 0.15) is 5.41 Å². The van der Waals surface area contributed by atoms with E-state index in [9.17, 15) is 9.59 Å². The Morgan fingerprint density at radius 1 is 1.38 bits per heavy atom. The van der Waals surface area contributed by atoms with Crippen LogP contribution in [-0.4, -0.2) is 24.4 Å². The van der Waals surface area contributed by atoms with Crippen LogP contribution >= 0.6 is 0 Å². The number of nitrogens with two attached hydrogens (primary N) is 1. The first-order valence-corrected chi connectivity index (χ1v) is 5.94. The molecule has 90 valence electrons. The maximum atomic E-state index is 12.0. The minimum Gasteiger partial charge on any atom is -0.462 e. The molecule has 2 aliphatic carbocycles. The van der Waals surface area contributed by atoms with Crippen LogP contribution < -0.4 is 5.73 Å². The van der Waals surface area contributed by atoms with Gasteiger partial charge >= 0.3 is 5.97 Å². The molecule has 0 aromatic carbocycles. The Bertz CT molecular complexity index is 314. The molecule has 2 rings (SSSR count). The summed E-state index contributed by atoms with van der Waals surface area (Å²) in [7, 11) is 0. The summed E-state index contributed by atoms with van der Waals surface area (Å²) in [6.07, 6.45) is 2.29. The molecule has 0 spiro atoms. The van der Waals surface area contributed by atoms with Crippen LogP contribution in [0.2, 0.25) is 0 Å². The topological polar surface area (TPSA) is 69.4 Å². The molecule has 2 aliphatic rings. The molecule has 0 heterocycles. The van der Waals surface area contributed by atoms with Crippen LogP contribution in [0.5, 0.6) is 0 Å². The number of Topliss-reactive ketones (excluding diaryl/α,β-unsaturated/α-hetero) is 1. The van der Waals surface area contributed by atoms with Gasteiger partial charge in [-0.3, -0.25) is 9.59 Å². The van der Waals surface area contributed by atoms with Gasteiger partial charge in [-0.15, -0.1) is 0 Å². The fraction of sp³-hybridized carbons (Fsp3) is 0.833. The second-order valence-corrected chi connectivity index (χ2v) is 5.33. The van der Waals surface area contributed by atoms with Gasteiger partial charge in [0.25, 0.3) is 0 Å². The first-order valence-electron chi connectivity index (χ1n) is 5.94. The Morgan fingerprint density at radius 2 is 1.94 bits per heavy atom. The van der Waals surface area contributed by atoms with Crippen molar-refractivity contribution in [2.75, 3.05) is 6.54 Å². The Kier molecular flexibility index (Phi) is 2.78. The third-order valence-corrected chi connectivity index (χ3v) is 3.74. The summed E-state index contributed by atoms with van der Waals surface area (Å²) in [5, 5.41) is 0. The van der Waals surface area contributed by atoms with Crippen LogP contribution in [0.4, 0.5) is 0 Å². The standard InChI is InChI=1S/C12H19NO3/c1-7(2)16-11(15)12(10(14)6-13)4-8-3-9(8)5-12/h7-9H,3-6,13H2,1-2H3. The van der Waals surface area contributed by atoms with Crippen molar-refractivity contribution in [3.05, 3.63) is 0 Å². The monoisotopic (exact) mass is 225 g/mol. The van der Waals surface area contributed by atoms with Gasteiger partial charge < -0.3 is 10.5 Å². The van der Waals surface area contributed by atoms with E-state index in [4.69, 9.17) is 10.5 Å². The highest BCUT2D eigenvalue weighted by atomic mass is 16.5. The maximum Gasteiger partial charge on any atom is 0.319 e. The predicted molar refractivity (Wildman–Crippen MR) is 58.6 cm³/mol. The molecule has 2 unspecified atom stereocenters. The van der Waals surface area contributed by atoms with Crippen LogP contribution in [0.25, 0.3) is 0 Å². The lowest BCUT2D eigenvalue weighted by atomic mass is 9.78. The summed E-state index contributed by atoms with van der Waals surface area (Å²) in [4.78, 5) is 23.9. The number of carbonyl (C=O) groups excluding carboxylic acids is 2. The number of esters is 1. The van der Waals surface area contributed by atoms with Crippen LogP contribution in [0.15, 0.2) is 0 Å². The van der Waals surface area contributed by atoms with E-state index < -0.39 is 5.41 Å². The quantitative estimate of drug-likeness (QED) is 0.569. The second-order valence-electron chi connectivity index (χ2n) is 5.33. The van der Waals surface area contributed by atoms with Crippen molar-refractivity contribution in [1.82, 2.24) is 0 Å². The van der Waals surface area contributed by atoms with Crippen molar-refractivity contribution in [1.29, 1.82) is 0 Å². The van der Waals surface area contributed by atoms with E-state index in [0.717, 1.165) is 6.42 Å². The fourth-order valence-corrected chi connectivity index (χ4v) is 2.82. The molecular formula is C12H19NO3. The highest BCUT2D eigenvalue weighted by Gasteiger charge is 2.61. The van der Waals surface area contributed by atoms with E-state index in [1.807, 2.05) is 0 Å². The van der Waals surface area contributed by atoms with Crippen LogP contribution in [0.3, 0.4) is 0 Å². The number of fused-ring (bicyclic) bond motifs is 1. The van der Waals surface area contributed by atoms with Gasteiger partial charge in [-0.05, 0) is 44.9 Å². The molecule has 2 fully saturated rings. The van der Waals surface area contributed by atoms with E-state index in [-0.39, 0.29) is 24.4 Å². The zero-order valence-electron chi connectivity index (χ0n) is 9.86. The van der Waals surface area contributed by atoms with E-state index in [1.54, 1.807) is 13.8 Å². The van der Waals surface area contributed by atoms with Crippen molar-refractivity contribution in [3.8, 4) is 0 Å². The summed E-state index contributed by atoms with van der Waals surface area (Å²) >= 11 is 0. The van der Waals surface area contributed by atoms with E-state index in [2.05, 4.69) is 0 Å². The second kappa shape index (κ2) is 3.84. The first kappa shape index (κ1) is 11.6. The van der Waals surface area contributed by atoms with Gasteiger partial charge in [-0.1, -0.05) is 0 Å². The van der Waals surface area contributed by atoms with Crippen molar-refractivity contribution in [2.45, 2.75) is 39.2 Å². The molecule has 4 nitrogen and oxygen atoms in total. The Morgan fingerprint density at radius 3 is 2.38 bits per heavy atom. The summed E-state index contributed by atoms with van der Waals surface area (Å²) in [5.41, 5.74) is 4.50.